The van der Waals surface area contributed by atoms with E-state index in [-0.39, 0.29) is 30.4 Å². The van der Waals surface area contributed by atoms with Gasteiger partial charge in [-0.05, 0) is 56.7 Å². The summed E-state index contributed by atoms with van der Waals surface area (Å²) in [7, 11) is 1.73. The molecule has 1 heterocycles. The van der Waals surface area contributed by atoms with Gasteiger partial charge in [0.25, 0.3) is 6.01 Å². The molecule has 9 nitrogen and oxygen atoms in total. The van der Waals surface area contributed by atoms with E-state index in [1.54, 1.807) is 24.9 Å². The third kappa shape index (κ3) is 7.77. The van der Waals surface area contributed by atoms with Crippen LogP contribution in [-0.2, 0) is 30.8 Å². The number of likely N-dealkylation sites (N-methyl/N-ethyl adjacent to an activating group) is 1. The lowest BCUT2D eigenvalue weighted by Crippen LogP contribution is -2.42. The van der Waals surface area contributed by atoms with Gasteiger partial charge in [-0.25, -0.2) is 9.59 Å². The van der Waals surface area contributed by atoms with Crippen molar-refractivity contribution in [3.8, 4) is 0 Å². The molecular weight excluding hydrogens is 636 g/mol. The number of halogens is 1. The second-order valence-electron chi connectivity index (χ2n) is 10.9. The Balaban J connectivity index is 1.44. The summed E-state index contributed by atoms with van der Waals surface area (Å²) in [5.74, 6) is -0.190. The smallest absolute Gasteiger partial charge is 0.407 e. The molecule has 5 rings (SSSR count). The van der Waals surface area contributed by atoms with E-state index in [1.807, 2.05) is 91.0 Å². The number of aromatic nitrogens is 1. The van der Waals surface area contributed by atoms with Gasteiger partial charge in [-0.15, -0.1) is 0 Å². The summed E-state index contributed by atoms with van der Waals surface area (Å²) in [4.78, 5) is 46.8. The average Bonchev–Trinajstić information content (AvgIpc) is 3.03. The minimum absolute atomic E-state index is 0.0610. The molecule has 0 aliphatic carbocycles. The quantitative estimate of drug-likeness (QED) is 0.162. The van der Waals surface area contributed by atoms with Crippen LogP contribution < -0.4 is 10.9 Å². The molecule has 0 radical (unpaired) electrons. The fraction of sp³-hybridized carbons (Fsp3) is 0.200. The standard InChI is InChI=1S/C35H33BrN4O5/c1-23-27(22-40(35(43)44)21-26-16-10-5-11-17-26)19-28(36)31-30(23)33(42)45-34(38-31)37-29(18-24-12-6-3-7-13-24)32(41)39(2)20-25-14-8-4-9-15-25/h3-17,19,29H,18,20-22H2,1-2H3,(H,37,38)(H,43,44)/t29-/m0/s1. The maximum Gasteiger partial charge on any atom is 0.407 e. The molecule has 2 amide bonds. The predicted molar refractivity (Wildman–Crippen MR) is 177 cm³/mol. The van der Waals surface area contributed by atoms with Gasteiger partial charge in [0.05, 0.1) is 10.9 Å². The maximum atomic E-state index is 13.7. The molecule has 5 aromatic rings. The van der Waals surface area contributed by atoms with Gasteiger partial charge in [-0.1, -0.05) is 91.0 Å². The Morgan fingerprint density at radius 1 is 0.889 bits per heavy atom. The molecule has 0 spiro atoms. The van der Waals surface area contributed by atoms with E-state index in [2.05, 4.69) is 26.2 Å². The normalized spacial score (nSPS) is 11.6. The zero-order valence-corrected chi connectivity index (χ0v) is 26.5. The first kappa shape index (κ1) is 31.5. The van der Waals surface area contributed by atoms with Crippen LogP contribution in [0.25, 0.3) is 10.9 Å². The summed E-state index contributed by atoms with van der Waals surface area (Å²) >= 11 is 3.54. The largest absolute Gasteiger partial charge is 0.465 e. The molecule has 2 N–H and O–H groups in total. The van der Waals surface area contributed by atoms with Gasteiger partial charge in [0, 0.05) is 37.6 Å². The van der Waals surface area contributed by atoms with Crippen LogP contribution in [0.2, 0.25) is 0 Å². The van der Waals surface area contributed by atoms with Crippen LogP contribution in [-0.4, -0.2) is 45.0 Å². The van der Waals surface area contributed by atoms with Gasteiger partial charge in [0.2, 0.25) is 5.91 Å². The summed E-state index contributed by atoms with van der Waals surface area (Å²) in [5, 5.41) is 13.2. The van der Waals surface area contributed by atoms with Crippen LogP contribution in [0.15, 0.2) is 111 Å². The van der Waals surface area contributed by atoms with Gasteiger partial charge in [0.1, 0.15) is 6.04 Å². The monoisotopic (exact) mass is 668 g/mol. The Morgan fingerprint density at radius 2 is 1.44 bits per heavy atom. The van der Waals surface area contributed by atoms with Crippen LogP contribution in [0, 0.1) is 6.92 Å². The molecule has 1 aromatic heterocycles. The first-order chi connectivity index (χ1) is 21.7. The Bertz CT molecular complexity index is 1850. The highest BCUT2D eigenvalue weighted by Gasteiger charge is 2.26. The number of benzene rings is 4. The van der Waals surface area contributed by atoms with E-state index < -0.39 is 17.8 Å². The first-order valence-electron chi connectivity index (χ1n) is 14.4. The molecule has 0 saturated heterocycles. The number of aryl methyl sites for hydroxylation is 1. The van der Waals surface area contributed by atoms with E-state index in [0.717, 1.165) is 16.7 Å². The minimum Gasteiger partial charge on any atom is -0.465 e. The molecule has 45 heavy (non-hydrogen) atoms. The molecule has 0 aliphatic heterocycles. The molecule has 0 unspecified atom stereocenters. The molecule has 4 aromatic carbocycles. The number of anilines is 1. The van der Waals surface area contributed by atoms with E-state index in [0.29, 0.717) is 34.1 Å². The lowest BCUT2D eigenvalue weighted by Gasteiger charge is -2.25. The highest BCUT2D eigenvalue weighted by molar-refractivity contribution is 9.10. The molecule has 230 valence electrons. The van der Waals surface area contributed by atoms with Gasteiger partial charge >= 0.3 is 11.7 Å². The molecule has 10 heteroatoms. The van der Waals surface area contributed by atoms with Gasteiger partial charge in [0.15, 0.2) is 0 Å². The predicted octanol–water partition coefficient (Wildman–Crippen LogP) is 6.62. The zero-order chi connectivity index (χ0) is 31.9. The fourth-order valence-corrected chi connectivity index (χ4v) is 5.80. The van der Waals surface area contributed by atoms with Crippen molar-refractivity contribution in [1.82, 2.24) is 14.8 Å². The van der Waals surface area contributed by atoms with E-state index in [9.17, 15) is 19.5 Å². The molecule has 0 bridgehead atoms. The topological polar surface area (TPSA) is 116 Å². The van der Waals surface area contributed by atoms with Crippen molar-refractivity contribution in [3.05, 3.63) is 140 Å². The maximum absolute atomic E-state index is 13.7. The van der Waals surface area contributed by atoms with E-state index in [1.165, 1.54) is 4.90 Å². The van der Waals surface area contributed by atoms with Crippen molar-refractivity contribution in [1.29, 1.82) is 0 Å². The number of carbonyl (C=O) groups excluding carboxylic acids is 1. The molecular formula is C35H33BrN4O5. The lowest BCUT2D eigenvalue weighted by molar-refractivity contribution is -0.131. The first-order valence-corrected chi connectivity index (χ1v) is 15.2. The molecule has 1 atom stereocenters. The second kappa shape index (κ2) is 14.2. The summed E-state index contributed by atoms with van der Waals surface area (Å²) in [5.41, 5.74) is 3.69. The Kier molecular flexibility index (Phi) is 9.94. The van der Waals surface area contributed by atoms with Gasteiger partial charge in [-0.2, -0.15) is 4.98 Å². The van der Waals surface area contributed by atoms with Crippen molar-refractivity contribution >= 4 is 44.8 Å². The summed E-state index contributed by atoms with van der Waals surface area (Å²) in [6, 6.07) is 29.5. The van der Waals surface area contributed by atoms with Crippen molar-refractivity contribution in [2.45, 2.75) is 39.0 Å². The second-order valence-corrected chi connectivity index (χ2v) is 11.7. The number of rotatable bonds is 11. The third-order valence-electron chi connectivity index (χ3n) is 7.59. The lowest BCUT2D eigenvalue weighted by atomic mass is 10.0. The number of fused-ring (bicyclic) bond motifs is 1. The highest BCUT2D eigenvalue weighted by atomic mass is 79.9. The van der Waals surface area contributed by atoms with Crippen LogP contribution in [0.5, 0.6) is 0 Å². The summed E-state index contributed by atoms with van der Waals surface area (Å²) < 4.78 is 6.15. The van der Waals surface area contributed by atoms with Gasteiger partial charge in [-0.3, -0.25) is 9.69 Å². The summed E-state index contributed by atoms with van der Waals surface area (Å²) in [6.45, 7) is 2.41. The van der Waals surface area contributed by atoms with Crippen LogP contribution in [0.1, 0.15) is 27.8 Å². The Hall–Kier alpha value is -4.96. The minimum atomic E-state index is -1.08. The number of hydrogen-bond acceptors (Lipinski definition) is 6. The van der Waals surface area contributed by atoms with Crippen LogP contribution >= 0.6 is 15.9 Å². The number of nitrogens with one attached hydrogen (secondary N) is 1. The highest BCUT2D eigenvalue weighted by Crippen LogP contribution is 2.29. The van der Waals surface area contributed by atoms with Crippen molar-refractivity contribution in [3.63, 3.8) is 0 Å². The molecule has 0 fully saturated rings. The number of nitrogens with zero attached hydrogens (tertiary/aromatic N) is 3. The van der Waals surface area contributed by atoms with E-state index in [4.69, 9.17) is 4.42 Å². The SMILES string of the molecule is Cc1c(CN(Cc2ccccc2)C(=O)O)cc(Br)c2nc(N[C@@H](Cc3ccccc3)C(=O)N(C)Cc3ccccc3)oc(=O)c12. The number of carbonyl (C=O) groups is 2. The van der Waals surface area contributed by atoms with Gasteiger partial charge < -0.3 is 19.7 Å². The average molecular weight is 670 g/mol. The number of carboxylic acid groups (broad SMARTS) is 1. The van der Waals surface area contributed by atoms with Crippen LogP contribution in [0.3, 0.4) is 0 Å². The molecule has 0 aliphatic rings. The Morgan fingerprint density at radius 3 is 2.02 bits per heavy atom. The third-order valence-corrected chi connectivity index (χ3v) is 8.20. The van der Waals surface area contributed by atoms with Crippen molar-refractivity contribution in [2.75, 3.05) is 12.4 Å². The van der Waals surface area contributed by atoms with Crippen LogP contribution in [0.4, 0.5) is 10.8 Å². The number of hydrogen-bond donors (Lipinski definition) is 2. The summed E-state index contributed by atoms with van der Waals surface area (Å²) in [6.07, 6.45) is -0.737. The van der Waals surface area contributed by atoms with E-state index >= 15 is 0 Å². The molecule has 0 saturated carbocycles. The number of amides is 2. The zero-order valence-electron chi connectivity index (χ0n) is 24.9. The fourth-order valence-electron chi connectivity index (χ4n) is 5.24. The van der Waals surface area contributed by atoms with Crippen molar-refractivity contribution in [2.24, 2.45) is 0 Å². The Labute approximate surface area is 269 Å². The van der Waals surface area contributed by atoms with Crippen molar-refractivity contribution < 1.29 is 19.1 Å².